The van der Waals surface area contributed by atoms with E-state index >= 15 is 0 Å². The zero-order valence-corrected chi connectivity index (χ0v) is 8.95. The van der Waals surface area contributed by atoms with Crippen LogP contribution in [0.15, 0.2) is 0 Å². The zero-order chi connectivity index (χ0) is 10.6. The Morgan fingerprint density at radius 1 is 0.857 bits per heavy atom. The molecule has 0 radical (unpaired) electrons. The van der Waals surface area contributed by atoms with E-state index in [1.807, 2.05) is 0 Å². The average molecular weight is 200 g/mol. The molecular formula is C11H20O3. The highest BCUT2D eigenvalue weighted by molar-refractivity contribution is 5.04. The normalized spacial score (nSPS) is 58.5. The van der Waals surface area contributed by atoms with Gasteiger partial charge in [0.15, 0.2) is 0 Å². The molecule has 14 heavy (non-hydrogen) atoms. The van der Waals surface area contributed by atoms with Crippen molar-refractivity contribution >= 4 is 0 Å². The molecule has 3 N–H and O–H groups in total. The van der Waals surface area contributed by atoms with Crippen molar-refractivity contribution in [3.63, 3.8) is 0 Å². The molecular weight excluding hydrogens is 180 g/mol. The molecule has 0 saturated heterocycles. The van der Waals surface area contributed by atoms with Crippen molar-refractivity contribution in [3.05, 3.63) is 0 Å². The van der Waals surface area contributed by atoms with Crippen molar-refractivity contribution in [3.8, 4) is 0 Å². The summed E-state index contributed by atoms with van der Waals surface area (Å²) in [6.45, 7) is 3.56. The van der Waals surface area contributed by atoms with Crippen LogP contribution in [0.4, 0.5) is 0 Å². The van der Waals surface area contributed by atoms with Crippen LogP contribution in [0.5, 0.6) is 0 Å². The number of hydrogen-bond donors (Lipinski definition) is 3. The Hall–Kier alpha value is -0.120. The van der Waals surface area contributed by atoms with Crippen LogP contribution in [0.25, 0.3) is 0 Å². The van der Waals surface area contributed by atoms with Crippen LogP contribution in [0.2, 0.25) is 0 Å². The predicted molar refractivity (Wildman–Crippen MR) is 52.8 cm³/mol. The lowest BCUT2D eigenvalue weighted by Crippen LogP contribution is -2.56. The largest absolute Gasteiger partial charge is 0.390 e. The van der Waals surface area contributed by atoms with Gasteiger partial charge in [-0.15, -0.1) is 0 Å². The van der Waals surface area contributed by atoms with Gasteiger partial charge in [-0.25, -0.2) is 0 Å². The van der Waals surface area contributed by atoms with Crippen LogP contribution in [-0.2, 0) is 0 Å². The standard InChI is InChI=1S/C11H20O3/c1-9(12)3-8-4-10(2,13)7-11(14,5-8)6-9/h8,12-14H,3-7H2,1-2H3. The van der Waals surface area contributed by atoms with Gasteiger partial charge < -0.3 is 15.3 Å². The molecule has 82 valence electrons. The molecule has 2 unspecified atom stereocenters. The molecule has 3 nitrogen and oxygen atoms in total. The van der Waals surface area contributed by atoms with Gasteiger partial charge in [-0.2, -0.15) is 0 Å². The van der Waals surface area contributed by atoms with Crippen LogP contribution in [0.3, 0.4) is 0 Å². The number of fused-ring (bicyclic) bond motifs is 2. The van der Waals surface area contributed by atoms with Crippen molar-refractivity contribution in [2.75, 3.05) is 0 Å². The molecule has 0 aliphatic heterocycles. The highest BCUT2D eigenvalue weighted by atomic mass is 16.3. The van der Waals surface area contributed by atoms with E-state index in [2.05, 4.69) is 0 Å². The number of hydrogen-bond acceptors (Lipinski definition) is 3. The van der Waals surface area contributed by atoms with Gasteiger partial charge in [-0.1, -0.05) is 0 Å². The first-order chi connectivity index (χ1) is 6.20. The summed E-state index contributed by atoms with van der Waals surface area (Å²) in [4.78, 5) is 0. The summed E-state index contributed by atoms with van der Waals surface area (Å²) in [7, 11) is 0. The summed E-state index contributed by atoms with van der Waals surface area (Å²) in [5.41, 5.74) is -2.36. The fraction of sp³-hybridized carbons (Fsp3) is 1.00. The maximum absolute atomic E-state index is 10.3. The van der Waals surface area contributed by atoms with E-state index in [9.17, 15) is 15.3 Å². The maximum atomic E-state index is 10.3. The fourth-order valence-electron chi connectivity index (χ4n) is 3.77. The summed E-state index contributed by atoms with van der Waals surface area (Å²) >= 11 is 0. The first-order valence-corrected chi connectivity index (χ1v) is 5.37. The van der Waals surface area contributed by atoms with Gasteiger partial charge in [0.25, 0.3) is 0 Å². The smallest absolute Gasteiger partial charge is 0.0705 e. The molecule has 0 aromatic heterocycles. The third-order valence-electron chi connectivity index (χ3n) is 3.55. The van der Waals surface area contributed by atoms with E-state index in [1.165, 1.54) is 0 Å². The Morgan fingerprint density at radius 3 is 1.64 bits per heavy atom. The molecule has 0 heterocycles. The fourth-order valence-corrected chi connectivity index (χ4v) is 3.77. The Kier molecular flexibility index (Phi) is 2.02. The van der Waals surface area contributed by atoms with Gasteiger partial charge in [0.1, 0.15) is 0 Å². The SMILES string of the molecule is CC1(O)CC2CC(C)(O)CC(O)(C2)C1. The van der Waals surface area contributed by atoms with Gasteiger partial charge in [0.05, 0.1) is 16.8 Å². The van der Waals surface area contributed by atoms with Gasteiger partial charge in [-0.05, 0) is 39.0 Å². The molecule has 0 amide bonds. The molecule has 2 atom stereocenters. The lowest BCUT2D eigenvalue weighted by Gasteiger charge is -2.52. The van der Waals surface area contributed by atoms with Gasteiger partial charge in [-0.3, -0.25) is 0 Å². The molecule has 3 heteroatoms. The summed E-state index contributed by atoms with van der Waals surface area (Å²) in [5.74, 6) is 0.257. The first-order valence-electron chi connectivity index (χ1n) is 5.37. The summed E-state index contributed by atoms with van der Waals surface area (Å²) in [5, 5.41) is 30.2. The molecule has 2 rings (SSSR count). The van der Waals surface area contributed by atoms with Crippen LogP contribution < -0.4 is 0 Å². The molecule has 2 aliphatic rings. The Morgan fingerprint density at radius 2 is 1.29 bits per heavy atom. The highest BCUT2D eigenvalue weighted by Gasteiger charge is 2.52. The number of rotatable bonds is 0. The molecule has 2 saturated carbocycles. The van der Waals surface area contributed by atoms with Gasteiger partial charge >= 0.3 is 0 Å². The monoisotopic (exact) mass is 200 g/mol. The summed E-state index contributed by atoms with van der Waals surface area (Å²) < 4.78 is 0. The van der Waals surface area contributed by atoms with Crippen LogP contribution in [-0.4, -0.2) is 32.1 Å². The van der Waals surface area contributed by atoms with E-state index in [-0.39, 0.29) is 5.92 Å². The van der Waals surface area contributed by atoms with E-state index in [0.717, 1.165) is 6.42 Å². The third-order valence-corrected chi connectivity index (χ3v) is 3.55. The van der Waals surface area contributed by atoms with E-state index in [1.54, 1.807) is 13.8 Å². The Labute approximate surface area is 84.8 Å². The Bertz CT molecular complexity index is 222. The summed E-state index contributed by atoms with van der Waals surface area (Å²) in [6.07, 6.45) is 2.93. The zero-order valence-electron chi connectivity index (χ0n) is 8.95. The first kappa shape index (κ1) is 10.4. The van der Waals surface area contributed by atoms with Crippen molar-refractivity contribution in [2.45, 2.75) is 62.8 Å². The van der Waals surface area contributed by atoms with Gasteiger partial charge in [0, 0.05) is 12.8 Å². The quantitative estimate of drug-likeness (QED) is 0.542. The minimum Gasteiger partial charge on any atom is -0.390 e. The molecule has 0 aromatic rings. The predicted octanol–water partition coefficient (Wildman–Crippen LogP) is 0.813. The second-order valence-corrected chi connectivity index (χ2v) is 6.05. The van der Waals surface area contributed by atoms with E-state index in [0.29, 0.717) is 25.7 Å². The van der Waals surface area contributed by atoms with E-state index in [4.69, 9.17) is 0 Å². The minimum atomic E-state index is -0.853. The summed E-state index contributed by atoms with van der Waals surface area (Å²) in [6, 6.07) is 0. The second-order valence-electron chi connectivity index (χ2n) is 6.05. The number of aliphatic hydroxyl groups is 3. The topological polar surface area (TPSA) is 60.7 Å². The molecule has 2 bridgehead atoms. The van der Waals surface area contributed by atoms with Crippen LogP contribution in [0, 0.1) is 5.92 Å². The third kappa shape index (κ3) is 1.95. The van der Waals surface area contributed by atoms with Crippen molar-refractivity contribution < 1.29 is 15.3 Å². The van der Waals surface area contributed by atoms with Crippen molar-refractivity contribution in [1.82, 2.24) is 0 Å². The average Bonchev–Trinajstić information content (AvgIpc) is 1.71. The molecule has 0 spiro atoms. The van der Waals surface area contributed by atoms with Gasteiger partial charge in [0.2, 0.25) is 0 Å². The van der Waals surface area contributed by atoms with Crippen LogP contribution >= 0.6 is 0 Å². The lowest BCUT2D eigenvalue weighted by molar-refractivity contribution is -0.178. The second kappa shape index (κ2) is 2.71. The van der Waals surface area contributed by atoms with E-state index < -0.39 is 16.8 Å². The highest BCUT2D eigenvalue weighted by Crippen LogP contribution is 2.49. The molecule has 0 aromatic carbocycles. The molecule has 2 aliphatic carbocycles. The van der Waals surface area contributed by atoms with Crippen molar-refractivity contribution in [2.24, 2.45) is 5.92 Å². The lowest BCUT2D eigenvalue weighted by atomic mass is 9.60. The maximum Gasteiger partial charge on any atom is 0.0705 e. The van der Waals surface area contributed by atoms with Crippen LogP contribution in [0.1, 0.15) is 46.0 Å². The van der Waals surface area contributed by atoms with Crippen molar-refractivity contribution in [1.29, 1.82) is 0 Å². The minimum absolute atomic E-state index is 0.257. The Balaban J connectivity index is 2.22. The molecule has 2 fully saturated rings.